The van der Waals surface area contributed by atoms with E-state index >= 15 is 0 Å². The van der Waals surface area contributed by atoms with E-state index in [0.29, 0.717) is 12.3 Å². The molecule has 1 aromatic carbocycles. The highest BCUT2D eigenvalue weighted by Crippen LogP contribution is 2.21. The zero-order valence-electron chi connectivity index (χ0n) is 10.5. The van der Waals surface area contributed by atoms with Crippen LogP contribution < -0.4 is 5.32 Å². The molecule has 1 aromatic heterocycles. The first-order chi connectivity index (χ1) is 9.12. The Morgan fingerprint density at radius 3 is 3.00 bits per heavy atom. The standard InChI is InChI=1S/C13H16N2O2S2/c16-19(17)7-3-4-10(9-19)14-8-13-15-11-5-1-2-6-12(11)18-13/h1-2,5-6,10,14H,3-4,7-9H2. The Morgan fingerprint density at radius 1 is 1.37 bits per heavy atom. The highest BCUT2D eigenvalue weighted by atomic mass is 32.2. The van der Waals surface area contributed by atoms with E-state index in [9.17, 15) is 8.42 Å². The van der Waals surface area contributed by atoms with Crippen molar-refractivity contribution in [2.24, 2.45) is 0 Å². The number of hydrogen-bond acceptors (Lipinski definition) is 5. The first-order valence-electron chi connectivity index (χ1n) is 6.41. The van der Waals surface area contributed by atoms with Gasteiger partial charge in [-0.1, -0.05) is 12.1 Å². The predicted octanol–water partition coefficient (Wildman–Crippen LogP) is 1.96. The number of aromatic nitrogens is 1. The summed E-state index contributed by atoms with van der Waals surface area (Å²) in [6.07, 6.45) is 1.70. The van der Waals surface area contributed by atoms with Crippen molar-refractivity contribution in [1.29, 1.82) is 0 Å². The van der Waals surface area contributed by atoms with Gasteiger partial charge in [-0.2, -0.15) is 0 Å². The fourth-order valence-corrected chi connectivity index (χ4v) is 5.00. The molecule has 1 saturated heterocycles. The lowest BCUT2D eigenvalue weighted by Crippen LogP contribution is -2.39. The molecule has 1 aliphatic rings. The number of para-hydroxylation sites is 1. The highest BCUT2D eigenvalue weighted by Gasteiger charge is 2.24. The van der Waals surface area contributed by atoms with Crippen molar-refractivity contribution in [1.82, 2.24) is 10.3 Å². The minimum Gasteiger partial charge on any atom is -0.307 e. The summed E-state index contributed by atoms with van der Waals surface area (Å²) in [5.41, 5.74) is 1.01. The minimum absolute atomic E-state index is 0.0748. The van der Waals surface area contributed by atoms with Crippen molar-refractivity contribution in [3.63, 3.8) is 0 Å². The maximum absolute atomic E-state index is 11.6. The van der Waals surface area contributed by atoms with Crippen LogP contribution in [0.2, 0.25) is 0 Å². The molecule has 0 amide bonds. The van der Waals surface area contributed by atoms with Gasteiger partial charge in [-0.05, 0) is 25.0 Å². The van der Waals surface area contributed by atoms with Crippen LogP contribution in [-0.4, -0.2) is 30.9 Å². The first-order valence-corrected chi connectivity index (χ1v) is 9.04. The Balaban J connectivity index is 1.65. The van der Waals surface area contributed by atoms with Crippen molar-refractivity contribution < 1.29 is 8.42 Å². The van der Waals surface area contributed by atoms with Gasteiger partial charge in [0, 0.05) is 12.6 Å². The van der Waals surface area contributed by atoms with Gasteiger partial charge < -0.3 is 5.32 Å². The largest absolute Gasteiger partial charge is 0.307 e. The molecule has 1 fully saturated rings. The Labute approximate surface area is 116 Å². The first kappa shape index (κ1) is 13.0. The summed E-state index contributed by atoms with van der Waals surface area (Å²) in [4.78, 5) is 4.54. The highest BCUT2D eigenvalue weighted by molar-refractivity contribution is 7.91. The topological polar surface area (TPSA) is 59.1 Å². The van der Waals surface area contributed by atoms with Gasteiger partial charge in [0.05, 0.1) is 21.7 Å². The molecule has 102 valence electrons. The molecule has 2 heterocycles. The zero-order valence-corrected chi connectivity index (χ0v) is 12.1. The molecular formula is C13H16N2O2S2. The lowest BCUT2D eigenvalue weighted by molar-refractivity contribution is 0.480. The van der Waals surface area contributed by atoms with Crippen molar-refractivity contribution in [2.75, 3.05) is 11.5 Å². The van der Waals surface area contributed by atoms with Gasteiger partial charge in [-0.15, -0.1) is 11.3 Å². The second-order valence-corrected chi connectivity index (χ2v) is 8.25. The molecule has 0 spiro atoms. The monoisotopic (exact) mass is 296 g/mol. The molecular weight excluding hydrogens is 280 g/mol. The summed E-state index contributed by atoms with van der Waals surface area (Å²) in [5.74, 6) is 0.601. The molecule has 2 aromatic rings. The van der Waals surface area contributed by atoms with Gasteiger partial charge in [0.1, 0.15) is 5.01 Å². The Kier molecular flexibility index (Phi) is 3.56. The SMILES string of the molecule is O=S1(=O)CCCC(NCc2nc3ccccc3s2)C1. The summed E-state index contributed by atoms with van der Waals surface area (Å²) < 4.78 is 24.3. The molecule has 19 heavy (non-hydrogen) atoms. The van der Waals surface area contributed by atoms with E-state index < -0.39 is 9.84 Å². The summed E-state index contributed by atoms with van der Waals surface area (Å²) in [6.45, 7) is 0.652. The molecule has 1 atom stereocenters. The van der Waals surface area contributed by atoms with Gasteiger partial charge in [-0.3, -0.25) is 0 Å². The van der Waals surface area contributed by atoms with Crippen LogP contribution in [0.1, 0.15) is 17.8 Å². The summed E-state index contributed by atoms with van der Waals surface area (Å²) in [5, 5.41) is 4.34. The van der Waals surface area contributed by atoms with Crippen molar-refractivity contribution >= 4 is 31.4 Å². The van der Waals surface area contributed by atoms with Gasteiger partial charge in [0.2, 0.25) is 0 Å². The van der Waals surface area contributed by atoms with Crippen LogP contribution in [0.3, 0.4) is 0 Å². The van der Waals surface area contributed by atoms with Crippen LogP contribution in [0.4, 0.5) is 0 Å². The van der Waals surface area contributed by atoms with Crippen LogP contribution in [0.5, 0.6) is 0 Å². The quantitative estimate of drug-likeness (QED) is 0.940. The Hall–Kier alpha value is -0.980. The van der Waals surface area contributed by atoms with Gasteiger partial charge in [0.15, 0.2) is 9.84 Å². The molecule has 0 aliphatic carbocycles. The lowest BCUT2D eigenvalue weighted by Gasteiger charge is -2.22. The minimum atomic E-state index is -2.84. The van der Waals surface area contributed by atoms with E-state index in [1.807, 2.05) is 18.2 Å². The molecule has 0 saturated carbocycles. The fourth-order valence-electron chi connectivity index (χ4n) is 2.41. The number of nitrogens with one attached hydrogen (secondary N) is 1. The number of hydrogen-bond donors (Lipinski definition) is 1. The van der Waals surface area contributed by atoms with Gasteiger partial charge in [-0.25, -0.2) is 13.4 Å². The number of rotatable bonds is 3. The normalized spacial score (nSPS) is 22.6. The van der Waals surface area contributed by atoms with E-state index in [1.54, 1.807) is 11.3 Å². The number of fused-ring (bicyclic) bond motifs is 1. The van der Waals surface area contributed by atoms with E-state index in [1.165, 1.54) is 4.70 Å². The summed E-state index contributed by atoms with van der Waals surface area (Å²) in [7, 11) is -2.84. The maximum atomic E-state index is 11.6. The summed E-state index contributed by atoms with van der Waals surface area (Å²) in [6, 6.07) is 8.12. The van der Waals surface area contributed by atoms with Crippen molar-refractivity contribution in [3.8, 4) is 0 Å². The number of nitrogens with zero attached hydrogens (tertiary/aromatic N) is 1. The molecule has 3 rings (SSSR count). The smallest absolute Gasteiger partial charge is 0.151 e. The second-order valence-electron chi connectivity index (χ2n) is 4.91. The van der Waals surface area contributed by atoms with Crippen LogP contribution in [0, 0.1) is 0 Å². The van der Waals surface area contributed by atoms with E-state index in [0.717, 1.165) is 23.4 Å². The average molecular weight is 296 g/mol. The molecule has 6 heteroatoms. The Morgan fingerprint density at radius 2 is 2.21 bits per heavy atom. The molecule has 4 nitrogen and oxygen atoms in total. The Bertz CT molecular complexity index is 646. The molecule has 1 unspecified atom stereocenters. The fraction of sp³-hybridized carbons (Fsp3) is 0.462. The maximum Gasteiger partial charge on any atom is 0.151 e. The molecule has 1 aliphatic heterocycles. The van der Waals surface area contributed by atoms with E-state index in [-0.39, 0.29) is 11.8 Å². The van der Waals surface area contributed by atoms with Crippen molar-refractivity contribution in [2.45, 2.75) is 25.4 Å². The number of sulfone groups is 1. The lowest BCUT2D eigenvalue weighted by atomic mass is 10.2. The third-order valence-electron chi connectivity index (χ3n) is 3.34. The molecule has 0 bridgehead atoms. The number of thiazole rings is 1. The van der Waals surface area contributed by atoms with Crippen LogP contribution in [0.15, 0.2) is 24.3 Å². The van der Waals surface area contributed by atoms with Gasteiger partial charge in [0.25, 0.3) is 0 Å². The van der Waals surface area contributed by atoms with Crippen molar-refractivity contribution in [3.05, 3.63) is 29.3 Å². The van der Waals surface area contributed by atoms with Gasteiger partial charge >= 0.3 is 0 Å². The van der Waals surface area contributed by atoms with Crippen LogP contribution in [-0.2, 0) is 16.4 Å². The second kappa shape index (κ2) is 5.19. The zero-order chi connectivity index (χ0) is 13.3. The molecule has 1 N–H and O–H groups in total. The average Bonchev–Trinajstić information content (AvgIpc) is 2.78. The number of benzene rings is 1. The van der Waals surface area contributed by atoms with Crippen LogP contribution >= 0.6 is 11.3 Å². The third-order valence-corrected chi connectivity index (χ3v) is 6.20. The molecule has 0 radical (unpaired) electrons. The van der Waals surface area contributed by atoms with Crippen LogP contribution in [0.25, 0.3) is 10.2 Å². The predicted molar refractivity (Wildman–Crippen MR) is 78.1 cm³/mol. The van der Waals surface area contributed by atoms with E-state index in [4.69, 9.17) is 0 Å². The third kappa shape index (κ3) is 3.13. The van der Waals surface area contributed by atoms with E-state index in [2.05, 4.69) is 16.4 Å². The summed E-state index contributed by atoms with van der Waals surface area (Å²) >= 11 is 1.66.